The lowest BCUT2D eigenvalue weighted by Gasteiger charge is -2.37. The average molecular weight is 374 g/mol. The predicted molar refractivity (Wildman–Crippen MR) is 92.1 cm³/mol. The first-order valence-electron chi connectivity index (χ1n) is 7.35. The monoisotopic (exact) mass is 373 g/mol. The first kappa shape index (κ1) is 16.9. The molecule has 1 aliphatic heterocycles. The van der Waals surface area contributed by atoms with Crippen LogP contribution in [0.4, 0.5) is 0 Å². The molecule has 0 atom stereocenters. The molecule has 0 aliphatic carbocycles. The molecular weight excluding hydrogens is 350 g/mol. The van der Waals surface area contributed by atoms with Crippen molar-refractivity contribution in [3.8, 4) is 0 Å². The third-order valence-corrected chi connectivity index (χ3v) is 5.50. The van der Waals surface area contributed by atoms with Gasteiger partial charge in [0.2, 0.25) is 0 Å². The topological polar surface area (TPSA) is 26.8 Å². The van der Waals surface area contributed by atoms with E-state index in [0.717, 1.165) is 48.4 Å². The Morgan fingerprint density at radius 2 is 2.05 bits per heavy atom. The summed E-state index contributed by atoms with van der Waals surface area (Å²) in [6, 6.07) is 2.30. The highest BCUT2D eigenvalue weighted by Gasteiger charge is 2.27. The van der Waals surface area contributed by atoms with Crippen molar-refractivity contribution in [2.24, 2.45) is 0 Å². The normalized spacial score (nSPS) is 17.4. The van der Waals surface area contributed by atoms with E-state index in [0.29, 0.717) is 6.04 Å². The second-order valence-electron chi connectivity index (χ2n) is 5.98. The highest BCUT2D eigenvalue weighted by molar-refractivity contribution is 9.11. The Morgan fingerprint density at radius 1 is 1.38 bits per heavy atom. The number of amides is 1. The van der Waals surface area contributed by atoms with Gasteiger partial charge in [-0.15, -0.1) is 11.3 Å². The Labute approximate surface area is 139 Å². The van der Waals surface area contributed by atoms with Crippen LogP contribution in [0.3, 0.4) is 0 Å². The molecule has 6 heteroatoms. The van der Waals surface area contributed by atoms with E-state index in [1.54, 1.807) is 11.3 Å². The summed E-state index contributed by atoms with van der Waals surface area (Å²) in [6.45, 7) is 3.85. The van der Waals surface area contributed by atoms with E-state index in [4.69, 9.17) is 0 Å². The molecule has 1 aromatic heterocycles. The molecule has 4 nitrogen and oxygen atoms in total. The van der Waals surface area contributed by atoms with Crippen molar-refractivity contribution in [2.45, 2.75) is 18.9 Å². The zero-order valence-corrected chi connectivity index (χ0v) is 15.4. The van der Waals surface area contributed by atoms with Gasteiger partial charge in [-0.1, -0.05) is 0 Å². The van der Waals surface area contributed by atoms with Gasteiger partial charge in [0, 0.05) is 24.5 Å². The van der Waals surface area contributed by atoms with Gasteiger partial charge in [0.05, 0.1) is 9.35 Å². The maximum Gasteiger partial charge on any atom is 0.255 e. The van der Waals surface area contributed by atoms with Gasteiger partial charge in [0.25, 0.3) is 5.91 Å². The van der Waals surface area contributed by atoms with E-state index in [-0.39, 0.29) is 5.91 Å². The number of carbonyl (C=O) groups excluding carboxylic acids is 1. The molecule has 0 spiro atoms. The van der Waals surface area contributed by atoms with Crippen LogP contribution in [0.1, 0.15) is 23.2 Å². The van der Waals surface area contributed by atoms with E-state index in [9.17, 15) is 4.79 Å². The Hall–Kier alpha value is -0.430. The summed E-state index contributed by atoms with van der Waals surface area (Å²) in [7, 11) is 6.26. The SMILES string of the molecule is CN(C)CCN(C(=O)c1csc(Br)c1)C1CCN(C)CC1. The average Bonchev–Trinajstić information content (AvgIpc) is 2.87. The first-order chi connectivity index (χ1) is 9.97. The van der Waals surface area contributed by atoms with Crippen LogP contribution < -0.4 is 0 Å². The quantitative estimate of drug-likeness (QED) is 0.793. The molecule has 1 amide bonds. The van der Waals surface area contributed by atoms with Gasteiger partial charge in [0.1, 0.15) is 0 Å². The molecule has 1 fully saturated rings. The molecule has 0 unspecified atom stereocenters. The standard InChI is InChI=1S/C15H24BrN3OS/c1-17(2)8-9-19(13-4-6-18(3)7-5-13)15(20)12-10-14(16)21-11-12/h10-11,13H,4-9H2,1-3H3. The van der Waals surface area contributed by atoms with Gasteiger partial charge < -0.3 is 14.7 Å². The number of hydrogen-bond donors (Lipinski definition) is 0. The van der Waals surface area contributed by atoms with E-state index < -0.39 is 0 Å². The largest absolute Gasteiger partial charge is 0.334 e. The van der Waals surface area contributed by atoms with Crippen LogP contribution >= 0.6 is 27.3 Å². The zero-order valence-electron chi connectivity index (χ0n) is 13.0. The lowest BCUT2D eigenvalue weighted by Crippen LogP contribution is -2.48. The molecule has 0 bridgehead atoms. The number of likely N-dealkylation sites (tertiary alicyclic amines) is 1. The van der Waals surface area contributed by atoms with Crippen LogP contribution in [0.15, 0.2) is 15.2 Å². The van der Waals surface area contributed by atoms with Gasteiger partial charge in [-0.2, -0.15) is 0 Å². The summed E-state index contributed by atoms with van der Waals surface area (Å²) in [6.07, 6.45) is 2.14. The summed E-state index contributed by atoms with van der Waals surface area (Å²) in [5, 5.41) is 1.95. The van der Waals surface area contributed by atoms with Gasteiger partial charge >= 0.3 is 0 Å². The molecule has 21 heavy (non-hydrogen) atoms. The number of rotatable bonds is 5. The van der Waals surface area contributed by atoms with Gasteiger partial charge in [-0.3, -0.25) is 4.79 Å². The van der Waals surface area contributed by atoms with Gasteiger partial charge in [0.15, 0.2) is 0 Å². The minimum Gasteiger partial charge on any atom is -0.334 e. The van der Waals surface area contributed by atoms with Crippen molar-refractivity contribution in [3.63, 3.8) is 0 Å². The fourth-order valence-electron chi connectivity index (χ4n) is 2.65. The molecule has 0 saturated carbocycles. The lowest BCUT2D eigenvalue weighted by molar-refractivity contribution is 0.0575. The van der Waals surface area contributed by atoms with Crippen molar-refractivity contribution in [2.75, 3.05) is 47.3 Å². The molecule has 1 aromatic rings. The smallest absolute Gasteiger partial charge is 0.255 e. The van der Waals surface area contributed by atoms with Crippen LogP contribution in [0, 0.1) is 0 Å². The van der Waals surface area contributed by atoms with Gasteiger partial charge in [-0.05, 0) is 69.1 Å². The third kappa shape index (κ3) is 4.77. The third-order valence-electron chi connectivity index (χ3n) is 3.99. The summed E-state index contributed by atoms with van der Waals surface area (Å²) in [5.41, 5.74) is 0.810. The van der Waals surface area contributed by atoms with Crippen molar-refractivity contribution in [1.29, 1.82) is 0 Å². The van der Waals surface area contributed by atoms with Crippen LogP contribution in [-0.4, -0.2) is 74.0 Å². The maximum atomic E-state index is 12.8. The maximum absolute atomic E-state index is 12.8. The van der Waals surface area contributed by atoms with Crippen LogP contribution in [0.5, 0.6) is 0 Å². The van der Waals surface area contributed by atoms with Crippen LogP contribution in [0.25, 0.3) is 0 Å². The summed E-state index contributed by atoms with van der Waals surface area (Å²) in [4.78, 5) is 19.4. The van der Waals surface area contributed by atoms with E-state index in [1.165, 1.54) is 0 Å². The number of hydrogen-bond acceptors (Lipinski definition) is 4. The Morgan fingerprint density at radius 3 is 2.57 bits per heavy atom. The van der Waals surface area contributed by atoms with Crippen molar-refractivity contribution in [3.05, 3.63) is 20.8 Å². The first-order valence-corrected chi connectivity index (χ1v) is 9.03. The molecular formula is C15H24BrN3OS. The molecule has 0 N–H and O–H groups in total. The molecule has 2 heterocycles. The minimum absolute atomic E-state index is 0.174. The fourth-order valence-corrected chi connectivity index (χ4v) is 3.78. The number of halogens is 1. The Bertz CT molecular complexity index is 469. The number of carbonyl (C=O) groups is 1. The second kappa shape index (κ2) is 7.72. The molecule has 0 radical (unpaired) electrons. The Kier molecular flexibility index (Phi) is 6.22. The Balaban J connectivity index is 2.09. The van der Waals surface area contributed by atoms with Gasteiger partial charge in [-0.25, -0.2) is 0 Å². The van der Waals surface area contributed by atoms with E-state index >= 15 is 0 Å². The summed E-state index contributed by atoms with van der Waals surface area (Å²) >= 11 is 5.02. The minimum atomic E-state index is 0.174. The summed E-state index contributed by atoms with van der Waals surface area (Å²) < 4.78 is 1.02. The van der Waals surface area contributed by atoms with E-state index in [1.807, 2.05) is 11.4 Å². The number of thiophene rings is 1. The number of piperidine rings is 1. The molecule has 0 aromatic carbocycles. The van der Waals surface area contributed by atoms with Crippen molar-refractivity contribution < 1.29 is 4.79 Å². The highest BCUT2D eigenvalue weighted by atomic mass is 79.9. The number of likely N-dealkylation sites (N-methyl/N-ethyl adjacent to an activating group) is 1. The number of nitrogens with zero attached hydrogens (tertiary/aromatic N) is 3. The highest BCUT2D eigenvalue weighted by Crippen LogP contribution is 2.24. The van der Waals surface area contributed by atoms with Crippen molar-refractivity contribution >= 4 is 33.2 Å². The molecule has 1 saturated heterocycles. The molecule has 1 aliphatic rings. The fraction of sp³-hybridized carbons (Fsp3) is 0.667. The molecule has 2 rings (SSSR count). The predicted octanol–water partition coefficient (Wildman–Crippen LogP) is 2.61. The van der Waals surface area contributed by atoms with Crippen molar-refractivity contribution in [1.82, 2.24) is 14.7 Å². The van der Waals surface area contributed by atoms with E-state index in [2.05, 4.69) is 51.8 Å². The second-order valence-corrected chi connectivity index (χ2v) is 8.27. The van der Waals surface area contributed by atoms with Crippen LogP contribution in [-0.2, 0) is 0 Å². The summed E-state index contributed by atoms with van der Waals surface area (Å²) in [5.74, 6) is 0.174. The lowest BCUT2D eigenvalue weighted by atomic mass is 10.0. The zero-order chi connectivity index (χ0) is 15.4. The van der Waals surface area contributed by atoms with Crippen LogP contribution in [0.2, 0.25) is 0 Å². The molecule has 118 valence electrons.